The number of nitrogens with one attached hydrogen (secondary N) is 1. The van der Waals surface area contributed by atoms with Crippen LogP contribution in [0, 0.1) is 0 Å². The van der Waals surface area contributed by atoms with Crippen LogP contribution in [0.1, 0.15) is 0 Å². The van der Waals surface area contributed by atoms with Gasteiger partial charge in [0.25, 0.3) is 0 Å². The van der Waals surface area contributed by atoms with Gasteiger partial charge in [-0.1, -0.05) is 17.7 Å². The first kappa shape index (κ1) is 24.1. The molecule has 32 heavy (non-hydrogen) atoms. The third-order valence-corrected chi connectivity index (χ3v) is 5.97. The predicted molar refractivity (Wildman–Crippen MR) is 138 cm³/mol. The fraction of sp³-hybridized carbons (Fsp3) is 0.0909. The average Bonchev–Trinajstić information content (AvgIpc) is 3.39. The molecule has 0 aliphatic heterocycles. The maximum absolute atomic E-state index is 6.53. The van der Waals surface area contributed by atoms with Crippen LogP contribution >= 0.6 is 47.8 Å². The number of benzene rings is 2. The Morgan fingerprint density at radius 3 is 2.75 bits per heavy atom. The molecule has 0 aliphatic carbocycles. The summed E-state index contributed by atoms with van der Waals surface area (Å²) < 4.78 is 9.31. The molecular weight excluding hydrogens is 489 g/mol. The van der Waals surface area contributed by atoms with Crippen molar-refractivity contribution in [2.24, 2.45) is 5.73 Å². The van der Waals surface area contributed by atoms with Gasteiger partial charge in [0.2, 0.25) is 0 Å². The monoisotopic (exact) mass is 507 g/mol. The van der Waals surface area contributed by atoms with Crippen molar-refractivity contribution in [2.75, 3.05) is 11.9 Å². The minimum absolute atomic E-state index is 0. The molecule has 0 aliphatic rings. The standard InChI is InChI=1S/C22H18ClN5OS.2ClH/c23-16-12-14(27-22-21-17(25-13-26-22)6-9-28(21)10-8-24)4-5-19(16)29-18-2-1-3-20-15(18)7-11-30-20;;/h1-7,9,11-13H,8,10,24H2,(H,25,26,27);2*1H. The van der Waals surface area contributed by atoms with Crippen LogP contribution in [-0.4, -0.2) is 21.1 Å². The first-order valence-corrected chi connectivity index (χ1v) is 10.7. The first-order chi connectivity index (χ1) is 14.7. The van der Waals surface area contributed by atoms with Gasteiger partial charge in [-0.2, -0.15) is 0 Å². The molecule has 0 saturated carbocycles. The van der Waals surface area contributed by atoms with E-state index in [1.54, 1.807) is 11.3 Å². The summed E-state index contributed by atoms with van der Waals surface area (Å²) in [4.78, 5) is 8.74. The highest BCUT2D eigenvalue weighted by Gasteiger charge is 2.12. The van der Waals surface area contributed by atoms with Gasteiger partial charge in [-0.05, 0) is 47.8 Å². The second-order valence-corrected chi connectivity index (χ2v) is 8.07. The molecule has 0 radical (unpaired) electrons. The zero-order valence-electron chi connectivity index (χ0n) is 16.7. The molecule has 5 aromatic rings. The Morgan fingerprint density at radius 2 is 1.94 bits per heavy atom. The third kappa shape index (κ3) is 4.62. The zero-order chi connectivity index (χ0) is 20.5. The molecule has 2 aromatic carbocycles. The minimum Gasteiger partial charge on any atom is -0.455 e. The van der Waals surface area contributed by atoms with Gasteiger partial charge in [-0.3, -0.25) is 0 Å². The van der Waals surface area contributed by atoms with Crippen LogP contribution in [-0.2, 0) is 6.54 Å². The van der Waals surface area contributed by atoms with Crippen LogP contribution in [0.3, 0.4) is 0 Å². The van der Waals surface area contributed by atoms with Gasteiger partial charge in [-0.25, -0.2) is 9.97 Å². The van der Waals surface area contributed by atoms with E-state index in [-0.39, 0.29) is 24.8 Å². The molecule has 0 amide bonds. The van der Waals surface area contributed by atoms with Crippen molar-refractivity contribution in [1.82, 2.24) is 14.5 Å². The van der Waals surface area contributed by atoms with Crippen LogP contribution in [0.15, 0.2) is 66.4 Å². The fourth-order valence-electron chi connectivity index (χ4n) is 3.42. The Hall–Kier alpha value is -2.55. The molecule has 166 valence electrons. The molecule has 0 spiro atoms. The fourth-order valence-corrected chi connectivity index (χ4v) is 4.44. The van der Waals surface area contributed by atoms with Crippen LogP contribution in [0.5, 0.6) is 11.5 Å². The van der Waals surface area contributed by atoms with Gasteiger partial charge in [-0.15, -0.1) is 36.2 Å². The van der Waals surface area contributed by atoms with Crippen molar-refractivity contribution in [3.63, 3.8) is 0 Å². The zero-order valence-corrected chi connectivity index (χ0v) is 19.9. The summed E-state index contributed by atoms with van der Waals surface area (Å²) in [6.45, 7) is 1.22. The normalized spacial score (nSPS) is 10.6. The largest absolute Gasteiger partial charge is 0.455 e. The molecule has 5 rings (SSSR count). The lowest BCUT2D eigenvalue weighted by atomic mass is 10.2. The summed E-state index contributed by atoms with van der Waals surface area (Å²) >= 11 is 8.21. The Morgan fingerprint density at radius 1 is 1.06 bits per heavy atom. The van der Waals surface area contributed by atoms with E-state index in [1.165, 1.54) is 11.0 Å². The number of anilines is 2. The van der Waals surface area contributed by atoms with Crippen molar-refractivity contribution in [3.05, 3.63) is 71.5 Å². The third-order valence-electron chi connectivity index (χ3n) is 4.79. The van der Waals surface area contributed by atoms with Crippen molar-refractivity contribution in [2.45, 2.75) is 6.54 Å². The van der Waals surface area contributed by atoms with E-state index in [0.29, 0.717) is 29.7 Å². The molecule has 6 nitrogen and oxygen atoms in total. The molecule has 3 N–H and O–H groups in total. The molecule has 3 heterocycles. The van der Waals surface area contributed by atoms with Crippen molar-refractivity contribution in [3.8, 4) is 11.5 Å². The van der Waals surface area contributed by atoms with E-state index in [1.807, 2.05) is 47.2 Å². The number of hydrogen-bond donors (Lipinski definition) is 2. The second-order valence-electron chi connectivity index (χ2n) is 6.71. The topological polar surface area (TPSA) is 78.0 Å². The van der Waals surface area contributed by atoms with E-state index in [0.717, 1.165) is 27.9 Å². The average molecular weight is 509 g/mol. The quantitative estimate of drug-likeness (QED) is 0.269. The van der Waals surface area contributed by atoms with Gasteiger partial charge in [0, 0.05) is 35.1 Å². The summed E-state index contributed by atoms with van der Waals surface area (Å²) in [6, 6.07) is 15.6. The molecule has 0 bridgehead atoms. The van der Waals surface area contributed by atoms with Crippen LogP contribution in [0.25, 0.3) is 21.1 Å². The second kappa shape index (κ2) is 10.4. The summed E-state index contributed by atoms with van der Waals surface area (Å²) in [6.07, 6.45) is 3.50. The molecule has 0 atom stereocenters. The number of nitrogens with two attached hydrogens (primary N) is 1. The first-order valence-electron chi connectivity index (χ1n) is 9.43. The number of rotatable bonds is 6. The molecule has 0 unspecified atom stereocenters. The lowest BCUT2D eigenvalue weighted by Crippen LogP contribution is -2.10. The summed E-state index contributed by atoms with van der Waals surface area (Å²) in [5, 5.41) is 6.97. The van der Waals surface area contributed by atoms with E-state index in [4.69, 9.17) is 22.1 Å². The smallest absolute Gasteiger partial charge is 0.158 e. The van der Waals surface area contributed by atoms with E-state index < -0.39 is 0 Å². The molecule has 3 aromatic heterocycles. The Kier molecular flexibility index (Phi) is 7.82. The summed E-state index contributed by atoms with van der Waals surface area (Å²) in [5.41, 5.74) is 8.30. The number of halogens is 3. The van der Waals surface area contributed by atoms with Crippen molar-refractivity contribution < 1.29 is 4.74 Å². The SMILES string of the molecule is Cl.Cl.NCCn1ccc2ncnc(Nc3ccc(Oc4cccc5sccc45)c(Cl)c3)c21. The number of aromatic nitrogens is 3. The van der Waals surface area contributed by atoms with Gasteiger partial charge in [0.05, 0.1) is 10.5 Å². The minimum atomic E-state index is 0. The maximum atomic E-state index is 6.53. The number of ether oxygens (including phenoxy) is 1. The summed E-state index contributed by atoms with van der Waals surface area (Å²) in [7, 11) is 0. The van der Waals surface area contributed by atoms with Crippen molar-refractivity contribution in [1.29, 1.82) is 0 Å². The molecular formula is C22H20Cl3N5OS. The van der Waals surface area contributed by atoms with Gasteiger partial charge in [0.15, 0.2) is 5.82 Å². The van der Waals surface area contributed by atoms with Gasteiger partial charge >= 0.3 is 0 Å². The van der Waals surface area contributed by atoms with Gasteiger partial charge in [0.1, 0.15) is 23.3 Å². The van der Waals surface area contributed by atoms with Crippen LogP contribution in [0.2, 0.25) is 5.02 Å². The number of fused-ring (bicyclic) bond motifs is 2. The lowest BCUT2D eigenvalue weighted by molar-refractivity contribution is 0.489. The van der Waals surface area contributed by atoms with Crippen LogP contribution < -0.4 is 15.8 Å². The Bertz CT molecular complexity index is 1350. The predicted octanol–water partition coefficient (Wildman–Crippen LogP) is 6.64. The molecule has 0 saturated heterocycles. The highest BCUT2D eigenvalue weighted by Crippen LogP contribution is 2.37. The number of hydrogen-bond acceptors (Lipinski definition) is 6. The summed E-state index contributed by atoms with van der Waals surface area (Å²) in [5.74, 6) is 2.08. The number of nitrogens with zero attached hydrogens (tertiary/aromatic N) is 3. The Labute approximate surface area is 206 Å². The highest BCUT2D eigenvalue weighted by molar-refractivity contribution is 7.17. The Balaban J connectivity index is 0.00000144. The maximum Gasteiger partial charge on any atom is 0.158 e. The van der Waals surface area contributed by atoms with E-state index in [2.05, 4.69) is 32.8 Å². The van der Waals surface area contributed by atoms with Gasteiger partial charge < -0.3 is 20.4 Å². The van der Waals surface area contributed by atoms with Crippen LogP contribution in [0.4, 0.5) is 11.5 Å². The molecule has 0 fully saturated rings. The number of thiophene rings is 1. The lowest BCUT2D eigenvalue weighted by Gasteiger charge is -2.12. The highest BCUT2D eigenvalue weighted by atomic mass is 35.5. The molecule has 10 heteroatoms. The van der Waals surface area contributed by atoms with E-state index in [9.17, 15) is 0 Å². The van der Waals surface area contributed by atoms with Crippen molar-refractivity contribution >= 4 is 80.4 Å². The van der Waals surface area contributed by atoms with E-state index >= 15 is 0 Å².